The van der Waals surface area contributed by atoms with E-state index in [4.69, 9.17) is 9.47 Å². The standard InChI is InChI=1S/C19H30N2O3/c1-4-13-23-17-10-9-16(15(3)20-17)21-18(22)19(24-14-5-2)11-7-6-8-12-19/h9-10H,4-8,11-14H2,1-3H3,(H,21,22). The van der Waals surface area contributed by atoms with Crippen molar-refractivity contribution in [1.82, 2.24) is 4.98 Å². The van der Waals surface area contributed by atoms with Gasteiger partial charge in [0.2, 0.25) is 5.88 Å². The Hall–Kier alpha value is -1.62. The molecule has 0 radical (unpaired) electrons. The Morgan fingerprint density at radius 2 is 1.88 bits per heavy atom. The molecule has 1 heterocycles. The first kappa shape index (κ1) is 18.7. The Morgan fingerprint density at radius 1 is 1.17 bits per heavy atom. The van der Waals surface area contributed by atoms with Crippen LogP contribution < -0.4 is 10.1 Å². The van der Waals surface area contributed by atoms with Gasteiger partial charge in [0, 0.05) is 12.7 Å². The van der Waals surface area contributed by atoms with Crippen LogP contribution in [0, 0.1) is 6.92 Å². The van der Waals surface area contributed by atoms with Gasteiger partial charge >= 0.3 is 0 Å². The van der Waals surface area contributed by atoms with Crippen LogP contribution in [0.1, 0.15) is 64.5 Å². The zero-order valence-corrected chi connectivity index (χ0v) is 15.2. The van der Waals surface area contributed by atoms with Gasteiger partial charge in [-0.15, -0.1) is 0 Å². The fraction of sp³-hybridized carbons (Fsp3) is 0.684. The molecule has 1 N–H and O–H groups in total. The van der Waals surface area contributed by atoms with Crippen LogP contribution in [-0.4, -0.2) is 29.7 Å². The number of pyridine rings is 1. The van der Waals surface area contributed by atoms with Crippen molar-refractivity contribution in [1.29, 1.82) is 0 Å². The molecular weight excluding hydrogens is 304 g/mol. The first-order valence-corrected chi connectivity index (χ1v) is 9.17. The van der Waals surface area contributed by atoms with Crippen LogP contribution in [0.2, 0.25) is 0 Å². The Kier molecular flexibility index (Phi) is 7.03. The minimum Gasteiger partial charge on any atom is -0.478 e. The average Bonchev–Trinajstić information content (AvgIpc) is 2.61. The van der Waals surface area contributed by atoms with E-state index in [1.165, 1.54) is 6.42 Å². The largest absolute Gasteiger partial charge is 0.478 e. The third-order valence-electron chi connectivity index (χ3n) is 4.42. The molecule has 2 rings (SSSR count). The van der Waals surface area contributed by atoms with Crippen molar-refractivity contribution in [3.8, 4) is 5.88 Å². The fourth-order valence-corrected chi connectivity index (χ4v) is 3.05. The van der Waals surface area contributed by atoms with Crippen LogP contribution in [-0.2, 0) is 9.53 Å². The van der Waals surface area contributed by atoms with E-state index in [1.54, 1.807) is 6.07 Å². The van der Waals surface area contributed by atoms with Crippen molar-refractivity contribution in [2.75, 3.05) is 18.5 Å². The first-order chi connectivity index (χ1) is 11.6. The van der Waals surface area contributed by atoms with Gasteiger partial charge in [-0.3, -0.25) is 4.79 Å². The van der Waals surface area contributed by atoms with Gasteiger partial charge in [0.15, 0.2) is 0 Å². The molecule has 0 atom stereocenters. The minimum absolute atomic E-state index is 0.0391. The van der Waals surface area contributed by atoms with Gasteiger partial charge < -0.3 is 14.8 Å². The number of ether oxygens (including phenoxy) is 2. The highest BCUT2D eigenvalue weighted by Gasteiger charge is 2.40. The van der Waals surface area contributed by atoms with Crippen LogP contribution in [0.3, 0.4) is 0 Å². The highest BCUT2D eigenvalue weighted by atomic mass is 16.5. The number of carbonyl (C=O) groups is 1. The maximum atomic E-state index is 12.9. The predicted molar refractivity (Wildman–Crippen MR) is 95.4 cm³/mol. The lowest BCUT2D eigenvalue weighted by Crippen LogP contribution is -2.47. The van der Waals surface area contributed by atoms with E-state index in [1.807, 2.05) is 13.0 Å². The molecule has 0 aliphatic heterocycles. The number of hydrogen-bond donors (Lipinski definition) is 1. The highest BCUT2D eigenvalue weighted by molar-refractivity contribution is 5.97. The van der Waals surface area contributed by atoms with E-state index in [2.05, 4.69) is 24.1 Å². The smallest absolute Gasteiger partial charge is 0.256 e. The van der Waals surface area contributed by atoms with Crippen LogP contribution in [0.5, 0.6) is 5.88 Å². The lowest BCUT2D eigenvalue weighted by atomic mass is 9.83. The molecule has 0 aromatic carbocycles. The Labute approximate surface area is 145 Å². The van der Waals surface area contributed by atoms with Gasteiger partial charge in [-0.05, 0) is 38.7 Å². The normalized spacial score (nSPS) is 16.6. The predicted octanol–water partition coefficient (Wildman–Crippen LogP) is 4.25. The van der Waals surface area contributed by atoms with Crippen molar-refractivity contribution >= 4 is 11.6 Å². The molecule has 5 nitrogen and oxygen atoms in total. The van der Waals surface area contributed by atoms with Gasteiger partial charge in [-0.2, -0.15) is 0 Å². The molecule has 0 bridgehead atoms. The maximum Gasteiger partial charge on any atom is 0.256 e. The van der Waals surface area contributed by atoms with E-state index < -0.39 is 5.60 Å². The van der Waals surface area contributed by atoms with Crippen molar-refractivity contribution in [2.24, 2.45) is 0 Å². The summed E-state index contributed by atoms with van der Waals surface area (Å²) in [5.74, 6) is 0.560. The van der Waals surface area contributed by atoms with Crippen LogP contribution >= 0.6 is 0 Å². The molecule has 0 saturated heterocycles. The van der Waals surface area contributed by atoms with Gasteiger partial charge in [-0.1, -0.05) is 33.1 Å². The molecule has 5 heteroatoms. The second-order valence-electron chi connectivity index (χ2n) is 6.49. The van der Waals surface area contributed by atoms with Crippen molar-refractivity contribution in [3.05, 3.63) is 17.8 Å². The molecule has 24 heavy (non-hydrogen) atoms. The van der Waals surface area contributed by atoms with Crippen molar-refractivity contribution in [3.63, 3.8) is 0 Å². The summed E-state index contributed by atoms with van der Waals surface area (Å²) in [4.78, 5) is 17.3. The number of aryl methyl sites for hydroxylation is 1. The van der Waals surface area contributed by atoms with Crippen LogP contribution in [0.25, 0.3) is 0 Å². The number of anilines is 1. The fourth-order valence-electron chi connectivity index (χ4n) is 3.05. The third kappa shape index (κ3) is 4.69. The number of rotatable bonds is 8. The minimum atomic E-state index is -0.682. The summed E-state index contributed by atoms with van der Waals surface area (Å²) in [6.07, 6.45) is 6.70. The van der Waals surface area contributed by atoms with E-state index in [-0.39, 0.29) is 5.91 Å². The summed E-state index contributed by atoms with van der Waals surface area (Å²) in [5.41, 5.74) is 0.810. The quantitative estimate of drug-likeness (QED) is 0.772. The van der Waals surface area contributed by atoms with E-state index in [9.17, 15) is 4.79 Å². The molecule has 0 spiro atoms. The maximum absolute atomic E-state index is 12.9. The highest BCUT2D eigenvalue weighted by Crippen LogP contribution is 2.33. The van der Waals surface area contributed by atoms with Gasteiger partial charge in [-0.25, -0.2) is 4.98 Å². The van der Waals surface area contributed by atoms with Gasteiger partial charge in [0.25, 0.3) is 5.91 Å². The summed E-state index contributed by atoms with van der Waals surface area (Å²) >= 11 is 0. The molecular formula is C19H30N2O3. The second kappa shape index (κ2) is 9.02. The van der Waals surface area contributed by atoms with Gasteiger partial charge in [0.1, 0.15) is 5.60 Å². The molecule has 1 aromatic heterocycles. The summed E-state index contributed by atoms with van der Waals surface area (Å²) in [6.45, 7) is 7.27. The summed E-state index contributed by atoms with van der Waals surface area (Å²) < 4.78 is 11.6. The monoisotopic (exact) mass is 334 g/mol. The number of amides is 1. The average molecular weight is 334 g/mol. The molecule has 1 amide bonds. The summed E-state index contributed by atoms with van der Waals surface area (Å²) in [5, 5.41) is 3.03. The van der Waals surface area contributed by atoms with Crippen molar-refractivity contribution in [2.45, 2.75) is 71.3 Å². The van der Waals surface area contributed by atoms with E-state index in [0.717, 1.165) is 49.9 Å². The van der Waals surface area contributed by atoms with Crippen LogP contribution in [0.15, 0.2) is 12.1 Å². The zero-order chi connectivity index (χ0) is 17.4. The summed E-state index contributed by atoms with van der Waals surface area (Å²) in [7, 11) is 0. The Morgan fingerprint density at radius 3 is 2.50 bits per heavy atom. The third-order valence-corrected chi connectivity index (χ3v) is 4.42. The molecule has 1 aliphatic carbocycles. The number of carbonyl (C=O) groups excluding carboxylic acids is 1. The summed E-state index contributed by atoms with van der Waals surface area (Å²) in [6, 6.07) is 3.67. The SMILES string of the molecule is CCCOc1ccc(NC(=O)C2(OCCC)CCCCC2)c(C)n1. The Bertz CT molecular complexity index is 539. The zero-order valence-electron chi connectivity index (χ0n) is 15.2. The molecule has 134 valence electrons. The second-order valence-corrected chi connectivity index (χ2v) is 6.49. The van der Waals surface area contributed by atoms with E-state index >= 15 is 0 Å². The molecule has 1 aliphatic rings. The lowest BCUT2D eigenvalue weighted by molar-refractivity contribution is -0.146. The van der Waals surface area contributed by atoms with E-state index in [0.29, 0.717) is 19.1 Å². The first-order valence-electron chi connectivity index (χ1n) is 9.17. The lowest BCUT2D eigenvalue weighted by Gasteiger charge is -2.35. The molecule has 0 unspecified atom stereocenters. The number of hydrogen-bond acceptors (Lipinski definition) is 4. The molecule has 1 fully saturated rings. The Balaban J connectivity index is 2.08. The number of aromatic nitrogens is 1. The van der Waals surface area contributed by atoms with Crippen molar-refractivity contribution < 1.29 is 14.3 Å². The van der Waals surface area contributed by atoms with Gasteiger partial charge in [0.05, 0.1) is 18.0 Å². The number of nitrogens with one attached hydrogen (secondary N) is 1. The number of nitrogens with zero attached hydrogens (tertiary/aromatic N) is 1. The molecule has 1 aromatic rings. The van der Waals surface area contributed by atoms with Crippen LogP contribution in [0.4, 0.5) is 5.69 Å². The topological polar surface area (TPSA) is 60.5 Å². The molecule has 1 saturated carbocycles.